The molecule has 3 heterocycles. The number of H-pyrrole nitrogens is 1. The van der Waals surface area contributed by atoms with Gasteiger partial charge in [0.1, 0.15) is 17.1 Å². The lowest BCUT2D eigenvalue weighted by molar-refractivity contribution is 0.100. The Morgan fingerprint density at radius 3 is 2.31 bits per heavy atom. The average Bonchev–Trinajstić information content (AvgIpc) is 3.32. The fraction of sp³-hybridized carbons (Fsp3) is 0.200. The molecule has 184 valence electrons. The lowest BCUT2D eigenvalue weighted by Crippen LogP contribution is -2.47. The third-order valence-corrected chi connectivity index (χ3v) is 6.03. The lowest BCUT2D eigenvalue weighted by Gasteiger charge is -2.36. The van der Waals surface area contributed by atoms with E-state index >= 15 is 0 Å². The number of hydrogen-bond acceptors (Lipinski definition) is 9. The van der Waals surface area contributed by atoms with Gasteiger partial charge < -0.3 is 31.3 Å². The molecular weight excluding hydrogens is 458 g/mol. The standard InChI is InChI=1S/C25H27N9O2/c26-22(36)21-23(29-16-17-2-8-20(35)9-3-17)31-32-24(21)30-18-4-6-19(7-5-18)33-12-14-34(15-13-33)25-27-10-1-11-28-25/h1-11,35H,12-16H2,(H2,26,36)(H3,29,30,31,32). The second-order valence-corrected chi connectivity index (χ2v) is 8.40. The number of aromatic amines is 1. The van der Waals surface area contributed by atoms with E-state index in [4.69, 9.17) is 5.73 Å². The molecule has 0 spiro atoms. The summed E-state index contributed by atoms with van der Waals surface area (Å²) in [7, 11) is 0. The van der Waals surface area contributed by atoms with Gasteiger partial charge >= 0.3 is 0 Å². The average molecular weight is 486 g/mol. The molecule has 4 aromatic rings. The monoisotopic (exact) mass is 485 g/mol. The number of nitrogens with one attached hydrogen (secondary N) is 3. The SMILES string of the molecule is NC(=O)c1c(Nc2ccc(N3CCN(c4ncccn4)CC3)cc2)n[nH]c1NCc1ccc(O)cc1. The molecule has 0 atom stereocenters. The van der Waals surface area contributed by atoms with Gasteiger partial charge in [0, 0.05) is 56.5 Å². The van der Waals surface area contributed by atoms with Crippen molar-refractivity contribution >= 4 is 34.9 Å². The number of benzene rings is 2. The Bertz CT molecular complexity index is 1300. The first-order valence-corrected chi connectivity index (χ1v) is 11.6. The molecule has 2 aromatic heterocycles. The van der Waals surface area contributed by atoms with Gasteiger partial charge in [0.05, 0.1) is 0 Å². The third-order valence-electron chi connectivity index (χ3n) is 6.03. The van der Waals surface area contributed by atoms with E-state index < -0.39 is 5.91 Å². The minimum atomic E-state index is -0.601. The number of phenolic OH excluding ortho intramolecular Hbond substituents is 1. The van der Waals surface area contributed by atoms with Gasteiger partial charge in [-0.3, -0.25) is 9.89 Å². The molecule has 0 saturated carbocycles. The molecule has 0 radical (unpaired) electrons. The number of aromatic hydroxyl groups is 1. The van der Waals surface area contributed by atoms with Crippen molar-refractivity contribution in [2.45, 2.75) is 6.54 Å². The lowest BCUT2D eigenvalue weighted by atomic mass is 10.2. The van der Waals surface area contributed by atoms with Gasteiger partial charge in [-0.25, -0.2) is 9.97 Å². The molecule has 0 aliphatic carbocycles. The highest BCUT2D eigenvalue weighted by atomic mass is 16.3. The molecule has 1 amide bonds. The van der Waals surface area contributed by atoms with Crippen molar-refractivity contribution in [3.05, 3.63) is 78.1 Å². The van der Waals surface area contributed by atoms with Gasteiger partial charge in [0.2, 0.25) is 5.95 Å². The fourth-order valence-corrected chi connectivity index (χ4v) is 4.12. The number of rotatable bonds is 8. The predicted octanol–water partition coefficient (Wildman–Crippen LogP) is 2.69. The smallest absolute Gasteiger partial charge is 0.256 e. The maximum Gasteiger partial charge on any atom is 0.256 e. The van der Waals surface area contributed by atoms with Crippen LogP contribution in [0.1, 0.15) is 15.9 Å². The molecule has 1 aliphatic heterocycles. The number of nitrogens with two attached hydrogens (primary N) is 1. The van der Waals surface area contributed by atoms with E-state index in [2.05, 4.69) is 40.6 Å². The highest BCUT2D eigenvalue weighted by Crippen LogP contribution is 2.27. The summed E-state index contributed by atoms with van der Waals surface area (Å²) < 4.78 is 0. The minimum Gasteiger partial charge on any atom is -0.508 e. The molecule has 11 nitrogen and oxygen atoms in total. The number of phenols is 1. The number of amides is 1. The third kappa shape index (κ3) is 5.14. The Morgan fingerprint density at radius 2 is 1.64 bits per heavy atom. The Hall–Kier alpha value is -4.80. The number of carbonyl (C=O) groups is 1. The number of piperazine rings is 1. The fourth-order valence-electron chi connectivity index (χ4n) is 4.12. The molecule has 1 aliphatic rings. The van der Waals surface area contributed by atoms with Gasteiger partial charge in [0.25, 0.3) is 5.91 Å². The molecule has 0 bridgehead atoms. The topological polar surface area (TPSA) is 148 Å². The van der Waals surface area contributed by atoms with E-state index in [1.54, 1.807) is 36.7 Å². The van der Waals surface area contributed by atoms with Crippen LogP contribution in [-0.4, -0.2) is 57.4 Å². The van der Waals surface area contributed by atoms with E-state index in [9.17, 15) is 9.90 Å². The molecule has 2 aromatic carbocycles. The number of nitrogens with zero attached hydrogens (tertiary/aromatic N) is 5. The Balaban J connectivity index is 1.21. The Labute approximate surface area is 208 Å². The van der Waals surface area contributed by atoms with Crippen LogP contribution in [0.15, 0.2) is 67.0 Å². The van der Waals surface area contributed by atoms with E-state index in [0.717, 1.165) is 49.1 Å². The van der Waals surface area contributed by atoms with Crippen molar-refractivity contribution in [1.29, 1.82) is 0 Å². The largest absolute Gasteiger partial charge is 0.508 e. The highest BCUT2D eigenvalue weighted by molar-refractivity contribution is 6.03. The van der Waals surface area contributed by atoms with Crippen molar-refractivity contribution in [2.75, 3.05) is 46.6 Å². The summed E-state index contributed by atoms with van der Waals surface area (Å²) in [4.78, 5) is 25.3. The first-order valence-electron chi connectivity index (χ1n) is 11.6. The Morgan fingerprint density at radius 1 is 0.972 bits per heavy atom. The molecule has 36 heavy (non-hydrogen) atoms. The van der Waals surface area contributed by atoms with Gasteiger partial charge in [0.15, 0.2) is 5.82 Å². The van der Waals surface area contributed by atoms with Crippen molar-refractivity contribution in [2.24, 2.45) is 5.73 Å². The van der Waals surface area contributed by atoms with Crippen LogP contribution in [0.5, 0.6) is 5.75 Å². The maximum atomic E-state index is 12.2. The highest BCUT2D eigenvalue weighted by Gasteiger charge is 2.20. The van der Waals surface area contributed by atoms with Crippen LogP contribution in [0.25, 0.3) is 0 Å². The van der Waals surface area contributed by atoms with Crippen LogP contribution < -0.4 is 26.2 Å². The number of primary amides is 1. The molecule has 6 N–H and O–H groups in total. The van der Waals surface area contributed by atoms with E-state index in [-0.39, 0.29) is 11.3 Å². The first-order chi connectivity index (χ1) is 17.6. The molecule has 0 unspecified atom stereocenters. The first kappa shape index (κ1) is 23.0. The van der Waals surface area contributed by atoms with Gasteiger partial charge in [-0.15, -0.1) is 0 Å². The zero-order valence-electron chi connectivity index (χ0n) is 19.6. The molecule has 1 saturated heterocycles. The molecular formula is C25H27N9O2. The Kier molecular flexibility index (Phi) is 6.52. The predicted molar refractivity (Wildman–Crippen MR) is 139 cm³/mol. The van der Waals surface area contributed by atoms with E-state index in [0.29, 0.717) is 18.2 Å². The quantitative estimate of drug-likeness (QED) is 0.254. The summed E-state index contributed by atoms with van der Waals surface area (Å²) >= 11 is 0. The zero-order chi connectivity index (χ0) is 24.9. The van der Waals surface area contributed by atoms with Crippen LogP contribution in [0.4, 0.5) is 29.0 Å². The summed E-state index contributed by atoms with van der Waals surface area (Å²) in [6, 6.07) is 16.6. The second kappa shape index (κ2) is 10.2. The van der Waals surface area contributed by atoms with Crippen molar-refractivity contribution in [3.63, 3.8) is 0 Å². The van der Waals surface area contributed by atoms with Crippen molar-refractivity contribution < 1.29 is 9.90 Å². The number of carbonyl (C=O) groups excluding carboxylic acids is 1. The molecule has 11 heteroatoms. The summed E-state index contributed by atoms with van der Waals surface area (Å²) in [5.41, 5.74) is 8.72. The van der Waals surface area contributed by atoms with Crippen molar-refractivity contribution in [1.82, 2.24) is 20.2 Å². The number of anilines is 5. The van der Waals surface area contributed by atoms with Crippen LogP contribution >= 0.6 is 0 Å². The summed E-state index contributed by atoms with van der Waals surface area (Å²) in [6.45, 7) is 3.86. The number of aromatic nitrogens is 4. The maximum absolute atomic E-state index is 12.2. The summed E-state index contributed by atoms with van der Waals surface area (Å²) in [6.07, 6.45) is 3.52. The number of hydrogen-bond donors (Lipinski definition) is 5. The second-order valence-electron chi connectivity index (χ2n) is 8.40. The summed E-state index contributed by atoms with van der Waals surface area (Å²) in [5.74, 6) is 1.13. The van der Waals surface area contributed by atoms with Gasteiger partial charge in [-0.05, 0) is 48.0 Å². The van der Waals surface area contributed by atoms with Crippen LogP contribution in [0.3, 0.4) is 0 Å². The van der Waals surface area contributed by atoms with Crippen LogP contribution in [0.2, 0.25) is 0 Å². The van der Waals surface area contributed by atoms with Gasteiger partial charge in [-0.1, -0.05) is 12.1 Å². The summed E-state index contributed by atoms with van der Waals surface area (Å²) in [5, 5.41) is 22.8. The van der Waals surface area contributed by atoms with Crippen LogP contribution in [0, 0.1) is 0 Å². The van der Waals surface area contributed by atoms with E-state index in [1.807, 2.05) is 30.3 Å². The zero-order valence-corrected chi connectivity index (χ0v) is 19.6. The normalized spacial score (nSPS) is 13.4. The van der Waals surface area contributed by atoms with E-state index in [1.165, 1.54) is 0 Å². The molecule has 1 fully saturated rings. The van der Waals surface area contributed by atoms with Crippen LogP contribution in [-0.2, 0) is 6.54 Å². The minimum absolute atomic E-state index is 0.194. The van der Waals surface area contributed by atoms with Gasteiger partial charge in [-0.2, -0.15) is 5.10 Å². The van der Waals surface area contributed by atoms with Crippen molar-refractivity contribution in [3.8, 4) is 5.75 Å². The molecule has 5 rings (SSSR count).